The molecule has 2 aromatic rings. The van der Waals surface area contributed by atoms with E-state index < -0.39 is 0 Å². The van der Waals surface area contributed by atoms with Crippen LogP contribution in [-0.2, 0) is 4.79 Å². The van der Waals surface area contributed by atoms with Crippen molar-refractivity contribution in [3.63, 3.8) is 0 Å². The Morgan fingerprint density at radius 1 is 1.40 bits per heavy atom. The van der Waals surface area contributed by atoms with Crippen molar-refractivity contribution in [3.05, 3.63) is 36.2 Å². The second-order valence-electron chi connectivity index (χ2n) is 4.18. The molecule has 20 heavy (non-hydrogen) atoms. The highest BCUT2D eigenvalue weighted by atomic mass is 32.2. The second kappa shape index (κ2) is 6.33. The Bertz CT molecular complexity index is 613. The molecule has 6 nitrogen and oxygen atoms in total. The van der Waals surface area contributed by atoms with E-state index in [1.54, 1.807) is 31.2 Å². The smallest absolute Gasteiger partial charge is 0.237 e. The summed E-state index contributed by atoms with van der Waals surface area (Å²) >= 11 is 1.28. The van der Waals surface area contributed by atoms with E-state index in [9.17, 15) is 9.59 Å². The van der Waals surface area contributed by atoms with Crippen molar-refractivity contribution in [1.82, 2.24) is 15.2 Å². The van der Waals surface area contributed by atoms with Gasteiger partial charge >= 0.3 is 0 Å². The lowest BCUT2D eigenvalue weighted by molar-refractivity contribution is -0.115. The minimum atomic E-state index is -0.330. The molecule has 0 radical (unpaired) electrons. The van der Waals surface area contributed by atoms with Gasteiger partial charge in [-0.25, -0.2) is 4.98 Å². The molecule has 1 atom stereocenters. The van der Waals surface area contributed by atoms with Crippen LogP contribution in [0, 0.1) is 0 Å². The van der Waals surface area contributed by atoms with Crippen LogP contribution in [0.5, 0.6) is 0 Å². The van der Waals surface area contributed by atoms with Gasteiger partial charge in [0, 0.05) is 11.3 Å². The number of amides is 1. The summed E-state index contributed by atoms with van der Waals surface area (Å²) in [4.78, 5) is 27.3. The highest BCUT2D eigenvalue weighted by Crippen LogP contribution is 2.20. The molecule has 1 heterocycles. The average molecular weight is 290 g/mol. The van der Waals surface area contributed by atoms with Crippen LogP contribution in [0.15, 0.2) is 35.7 Å². The van der Waals surface area contributed by atoms with E-state index >= 15 is 0 Å². The topological polar surface area (TPSA) is 87.7 Å². The zero-order valence-corrected chi connectivity index (χ0v) is 11.9. The van der Waals surface area contributed by atoms with Crippen molar-refractivity contribution in [2.24, 2.45) is 0 Å². The molecular formula is C13H14N4O2S. The van der Waals surface area contributed by atoms with Gasteiger partial charge in [0.05, 0.1) is 5.25 Å². The van der Waals surface area contributed by atoms with E-state index in [0.717, 1.165) is 0 Å². The molecule has 1 aromatic heterocycles. The molecule has 2 rings (SSSR count). The fraction of sp³-hybridized carbons (Fsp3) is 0.231. The summed E-state index contributed by atoms with van der Waals surface area (Å²) in [5.74, 6) is -0.197. The summed E-state index contributed by atoms with van der Waals surface area (Å²) < 4.78 is 0. The molecule has 0 fully saturated rings. The lowest BCUT2D eigenvalue weighted by Crippen LogP contribution is -2.22. The molecule has 2 N–H and O–H groups in total. The van der Waals surface area contributed by atoms with E-state index in [4.69, 9.17) is 0 Å². The van der Waals surface area contributed by atoms with Crippen molar-refractivity contribution in [1.29, 1.82) is 0 Å². The van der Waals surface area contributed by atoms with Crippen LogP contribution in [0.2, 0.25) is 0 Å². The third kappa shape index (κ3) is 3.67. The van der Waals surface area contributed by atoms with Gasteiger partial charge in [0.15, 0.2) is 10.9 Å². The molecule has 0 spiro atoms. The molecule has 0 saturated carbocycles. The summed E-state index contributed by atoms with van der Waals surface area (Å²) in [5.41, 5.74) is 1.17. The molecule has 0 aliphatic heterocycles. The second-order valence-corrected chi connectivity index (χ2v) is 5.51. The Morgan fingerprint density at radius 3 is 2.85 bits per heavy atom. The Hall–Kier alpha value is -2.15. The maximum atomic E-state index is 12.0. The first-order valence-corrected chi connectivity index (χ1v) is 6.88. The molecular weight excluding hydrogens is 276 g/mol. The molecule has 0 saturated heterocycles. The van der Waals surface area contributed by atoms with Crippen LogP contribution < -0.4 is 5.32 Å². The quantitative estimate of drug-likeness (QED) is 0.650. The van der Waals surface area contributed by atoms with Gasteiger partial charge in [-0.05, 0) is 26.0 Å². The SMILES string of the molecule is CC(=O)c1cccc(NC(=O)[C@@H](C)Sc2ncn[nH]2)c1. The van der Waals surface area contributed by atoms with Crippen LogP contribution in [-0.4, -0.2) is 32.1 Å². The van der Waals surface area contributed by atoms with Crippen molar-refractivity contribution >= 4 is 29.1 Å². The molecule has 104 valence electrons. The number of thioether (sulfide) groups is 1. The predicted octanol–water partition coefficient (Wildman–Crippen LogP) is 2.13. The van der Waals surface area contributed by atoms with Crippen molar-refractivity contribution < 1.29 is 9.59 Å². The van der Waals surface area contributed by atoms with Gasteiger partial charge in [-0.1, -0.05) is 23.9 Å². The average Bonchev–Trinajstić information content (AvgIpc) is 2.91. The summed E-state index contributed by atoms with van der Waals surface area (Å²) in [7, 11) is 0. The van der Waals surface area contributed by atoms with Gasteiger partial charge in [0.2, 0.25) is 5.91 Å². The van der Waals surface area contributed by atoms with Gasteiger partial charge in [-0.3, -0.25) is 14.7 Å². The summed E-state index contributed by atoms with van der Waals surface area (Å²) in [6.07, 6.45) is 1.39. The Balaban J connectivity index is 2.00. The summed E-state index contributed by atoms with van der Waals surface area (Å²) in [6, 6.07) is 6.85. The maximum absolute atomic E-state index is 12.0. The number of hydrogen-bond acceptors (Lipinski definition) is 5. The number of nitrogens with one attached hydrogen (secondary N) is 2. The van der Waals surface area contributed by atoms with Gasteiger partial charge in [-0.2, -0.15) is 5.10 Å². The normalized spacial score (nSPS) is 11.9. The molecule has 0 bridgehead atoms. The number of aromatic amines is 1. The van der Waals surface area contributed by atoms with Gasteiger partial charge in [0.25, 0.3) is 0 Å². The Kier molecular flexibility index (Phi) is 4.52. The summed E-state index contributed by atoms with van der Waals surface area (Å²) in [6.45, 7) is 3.26. The number of anilines is 1. The third-order valence-electron chi connectivity index (χ3n) is 2.59. The predicted molar refractivity (Wildman–Crippen MR) is 76.8 cm³/mol. The monoisotopic (exact) mass is 290 g/mol. The maximum Gasteiger partial charge on any atom is 0.237 e. The minimum absolute atomic E-state index is 0.0369. The highest BCUT2D eigenvalue weighted by Gasteiger charge is 2.16. The zero-order chi connectivity index (χ0) is 14.5. The fourth-order valence-electron chi connectivity index (χ4n) is 1.53. The molecule has 1 amide bonds. The number of rotatable bonds is 5. The number of carbonyl (C=O) groups excluding carboxylic acids is 2. The van der Waals surface area contributed by atoms with E-state index in [1.807, 2.05) is 0 Å². The van der Waals surface area contributed by atoms with E-state index in [-0.39, 0.29) is 16.9 Å². The van der Waals surface area contributed by atoms with Crippen LogP contribution in [0.1, 0.15) is 24.2 Å². The number of Topliss-reactive ketones (excluding diaryl/α,β-unsaturated/α-hetero) is 1. The van der Waals surface area contributed by atoms with Crippen molar-refractivity contribution in [2.45, 2.75) is 24.3 Å². The standard InChI is InChI=1S/C13H14N4O2S/c1-8(18)10-4-3-5-11(6-10)16-12(19)9(2)20-13-14-7-15-17-13/h3-7,9H,1-2H3,(H,16,19)(H,14,15,17)/t9-/m1/s1. The van der Waals surface area contributed by atoms with Gasteiger partial charge < -0.3 is 5.32 Å². The van der Waals surface area contributed by atoms with Crippen LogP contribution in [0.4, 0.5) is 5.69 Å². The summed E-state index contributed by atoms with van der Waals surface area (Å²) in [5, 5.41) is 9.45. The Morgan fingerprint density at radius 2 is 2.20 bits per heavy atom. The lowest BCUT2D eigenvalue weighted by Gasteiger charge is -2.10. The first-order chi connectivity index (χ1) is 9.56. The number of carbonyl (C=O) groups is 2. The van der Waals surface area contributed by atoms with Gasteiger partial charge in [-0.15, -0.1) is 0 Å². The van der Waals surface area contributed by atoms with Crippen molar-refractivity contribution in [3.8, 4) is 0 Å². The largest absolute Gasteiger partial charge is 0.325 e. The highest BCUT2D eigenvalue weighted by molar-refractivity contribution is 8.00. The molecule has 0 unspecified atom stereocenters. The van der Waals surface area contributed by atoms with Crippen LogP contribution in [0.25, 0.3) is 0 Å². The number of aromatic nitrogens is 3. The van der Waals surface area contributed by atoms with E-state index in [2.05, 4.69) is 20.5 Å². The molecule has 0 aliphatic carbocycles. The number of nitrogens with zero attached hydrogens (tertiary/aromatic N) is 2. The molecule has 1 aromatic carbocycles. The number of hydrogen-bond donors (Lipinski definition) is 2. The number of ketones is 1. The molecule has 7 heteroatoms. The number of H-pyrrole nitrogens is 1. The van der Waals surface area contributed by atoms with Gasteiger partial charge in [0.1, 0.15) is 6.33 Å². The van der Waals surface area contributed by atoms with Crippen molar-refractivity contribution in [2.75, 3.05) is 5.32 Å². The van der Waals surface area contributed by atoms with Crippen LogP contribution in [0.3, 0.4) is 0 Å². The number of benzene rings is 1. The Labute approximate surface area is 120 Å². The van der Waals surface area contributed by atoms with E-state index in [1.165, 1.54) is 25.0 Å². The first kappa shape index (κ1) is 14.3. The minimum Gasteiger partial charge on any atom is -0.325 e. The third-order valence-corrected chi connectivity index (χ3v) is 3.57. The van der Waals surface area contributed by atoms with E-state index in [0.29, 0.717) is 16.4 Å². The fourth-order valence-corrected chi connectivity index (χ4v) is 2.25. The zero-order valence-electron chi connectivity index (χ0n) is 11.1. The first-order valence-electron chi connectivity index (χ1n) is 6.00. The van der Waals surface area contributed by atoms with Crippen LogP contribution >= 0.6 is 11.8 Å². The lowest BCUT2D eigenvalue weighted by atomic mass is 10.1. The molecule has 0 aliphatic rings.